The van der Waals surface area contributed by atoms with Gasteiger partial charge in [0, 0.05) is 36.0 Å². The summed E-state index contributed by atoms with van der Waals surface area (Å²) in [6.45, 7) is 1.88. The molecular formula is C23H18N4O2. The van der Waals surface area contributed by atoms with Crippen LogP contribution in [0.1, 0.15) is 21.5 Å². The standard InChI is InChI=1S/C23H18N4O2/c1-15-12-17(29-23-16(13-24)6-5-11-25-23)9-10-20(15)26-22(28)19-14-27(2)21-8-4-3-7-18(19)21/h3-12,14H,1-2H3,(H,26,28). The lowest BCUT2D eigenvalue weighted by atomic mass is 10.1. The summed E-state index contributed by atoms with van der Waals surface area (Å²) < 4.78 is 7.68. The normalized spacial score (nSPS) is 10.5. The molecule has 0 radical (unpaired) electrons. The van der Waals surface area contributed by atoms with Crippen LogP contribution in [-0.4, -0.2) is 15.5 Å². The van der Waals surface area contributed by atoms with E-state index in [1.165, 1.54) is 0 Å². The van der Waals surface area contributed by atoms with Crippen molar-refractivity contribution in [3.63, 3.8) is 0 Å². The number of carbonyl (C=O) groups excluding carboxylic acids is 1. The predicted molar refractivity (Wildman–Crippen MR) is 111 cm³/mol. The highest BCUT2D eigenvalue weighted by Crippen LogP contribution is 2.28. The second kappa shape index (κ2) is 7.49. The third-order valence-electron chi connectivity index (χ3n) is 4.69. The number of aryl methyl sites for hydroxylation is 2. The molecule has 0 saturated heterocycles. The summed E-state index contributed by atoms with van der Waals surface area (Å²) in [5.74, 6) is 0.623. The zero-order valence-corrected chi connectivity index (χ0v) is 16.0. The Morgan fingerprint density at radius 3 is 2.79 bits per heavy atom. The maximum atomic E-state index is 12.9. The minimum absolute atomic E-state index is 0.171. The van der Waals surface area contributed by atoms with E-state index in [9.17, 15) is 4.79 Å². The van der Waals surface area contributed by atoms with Crippen LogP contribution in [0, 0.1) is 18.3 Å². The average molecular weight is 382 g/mol. The van der Waals surface area contributed by atoms with E-state index in [-0.39, 0.29) is 11.8 Å². The highest BCUT2D eigenvalue weighted by atomic mass is 16.5. The van der Waals surface area contributed by atoms with Gasteiger partial charge in [-0.25, -0.2) is 4.98 Å². The summed E-state index contributed by atoms with van der Waals surface area (Å²) in [6, 6.07) is 18.5. The molecule has 2 aromatic heterocycles. The molecule has 0 unspecified atom stereocenters. The number of hydrogen-bond donors (Lipinski definition) is 1. The van der Waals surface area contributed by atoms with E-state index < -0.39 is 0 Å². The maximum absolute atomic E-state index is 12.9. The Morgan fingerprint density at radius 2 is 2.00 bits per heavy atom. The number of para-hydroxylation sites is 1. The highest BCUT2D eigenvalue weighted by Gasteiger charge is 2.15. The van der Waals surface area contributed by atoms with Crippen LogP contribution in [0.15, 0.2) is 67.0 Å². The number of amides is 1. The molecule has 0 aliphatic heterocycles. The second-order valence-corrected chi connectivity index (χ2v) is 6.67. The Balaban J connectivity index is 1.57. The summed E-state index contributed by atoms with van der Waals surface area (Å²) in [7, 11) is 1.92. The highest BCUT2D eigenvalue weighted by molar-refractivity contribution is 6.13. The van der Waals surface area contributed by atoms with Crippen LogP contribution in [0.2, 0.25) is 0 Å². The summed E-state index contributed by atoms with van der Waals surface area (Å²) >= 11 is 0. The number of nitrogens with zero attached hydrogens (tertiary/aromatic N) is 3. The fourth-order valence-corrected chi connectivity index (χ4v) is 3.22. The van der Waals surface area contributed by atoms with Crippen molar-refractivity contribution in [3.8, 4) is 17.7 Å². The molecule has 4 aromatic rings. The van der Waals surface area contributed by atoms with Crippen LogP contribution in [0.3, 0.4) is 0 Å². The van der Waals surface area contributed by atoms with E-state index in [1.54, 1.807) is 36.5 Å². The number of carbonyl (C=O) groups is 1. The number of anilines is 1. The summed E-state index contributed by atoms with van der Waals surface area (Å²) in [5, 5.41) is 13.0. The van der Waals surface area contributed by atoms with Gasteiger partial charge >= 0.3 is 0 Å². The van der Waals surface area contributed by atoms with Crippen molar-refractivity contribution in [2.45, 2.75) is 6.92 Å². The van der Waals surface area contributed by atoms with Crippen molar-refractivity contribution in [1.29, 1.82) is 5.26 Å². The number of rotatable bonds is 4. The first kappa shape index (κ1) is 18.3. The molecule has 2 aromatic carbocycles. The van der Waals surface area contributed by atoms with Crippen LogP contribution in [0.4, 0.5) is 5.69 Å². The number of aromatic nitrogens is 2. The third-order valence-corrected chi connectivity index (χ3v) is 4.69. The Bertz CT molecular complexity index is 1270. The molecule has 0 aliphatic carbocycles. The molecule has 1 N–H and O–H groups in total. The van der Waals surface area contributed by atoms with Gasteiger partial charge in [0.1, 0.15) is 17.4 Å². The molecule has 0 bridgehead atoms. The minimum atomic E-state index is -0.171. The van der Waals surface area contributed by atoms with Gasteiger partial charge in [-0.2, -0.15) is 5.26 Å². The Labute approximate surface area is 168 Å². The maximum Gasteiger partial charge on any atom is 0.257 e. The molecule has 6 nitrogen and oxygen atoms in total. The van der Waals surface area contributed by atoms with Gasteiger partial charge in [-0.05, 0) is 48.9 Å². The zero-order valence-electron chi connectivity index (χ0n) is 16.0. The molecular weight excluding hydrogens is 364 g/mol. The first-order chi connectivity index (χ1) is 14.1. The van der Waals surface area contributed by atoms with Gasteiger partial charge in [0.2, 0.25) is 5.88 Å². The van der Waals surface area contributed by atoms with E-state index in [0.717, 1.165) is 16.5 Å². The lowest BCUT2D eigenvalue weighted by molar-refractivity contribution is 0.102. The minimum Gasteiger partial charge on any atom is -0.438 e. The topological polar surface area (TPSA) is 79.9 Å². The van der Waals surface area contributed by atoms with Gasteiger partial charge in [0.15, 0.2) is 0 Å². The van der Waals surface area contributed by atoms with Crippen LogP contribution < -0.4 is 10.1 Å². The van der Waals surface area contributed by atoms with E-state index >= 15 is 0 Å². The quantitative estimate of drug-likeness (QED) is 0.550. The molecule has 4 rings (SSSR count). The van der Waals surface area contributed by atoms with Crippen molar-refractivity contribution < 1.29 is 9.53 Å². The number of nitriles is 1. The van der Waals surface area contributed by atoms with Crippen molar-refractivity contribution in [2.75, 3.05) is 5.32 Å². The Kier molecular flexibility index (Phi) is 4.71. The van der Waals surface area contributed by atoms with Crippen LogP contribution in [-0.2, 0) is 7.05 Å². The molecule has 2 heterocycles. The fraction of sp³-hybridized carbons (Fsp3) is 0.0870. The largest absolute Gasteiger partial charge is 0.438 e. The van der Waals surface area contributed by atoms with Gasteiger partial charge in [-0.15, -0.1) is 0 Å². The lowest BCUT2D eigenvalue weighted by Gasteiger charge is -2.11. The smallest absolute Gasteiger partial charge is 0.257 e. The molecule has 6 heteroatoms. The Hall–Kier alpha value is -4.11. The van der Waals surface area contributed by atoms with Gasteiger partial charge in [-0.1, -0.05) is 18.2 Å². The number of nitrogens with one attached hydrogen (secondary N) is 1. The summed E-state index contributed by atoms with van der Waals surface area (Å²) in [6.07, 6.45) is 3.40. The van der Waals surface area contributed by atoms with Gasteiger partial charge in [0.05, 0.1) is 5.56 Å². The first-order valence-electron chi connectivity index (χ1n) is 9.06. The van der Waals surface area contributed by atoms with Crippen molar-refractivity contribution in [3.05, 3.63) is 83.7 Å². The predicted octanol–water partition coefficient (Wildman–Crippen LogP) is 4.80. The van der Waals surface area contributed by atoms with E-state index in [4.69, 9.17) is 10.00 Å². The second-order valence-electron chi connectivity index (χ2n) is 6.67. The molecule has 29 heavy (non-hydrogen) atoms. The molecule has 0 atom stereocenters. The molecule has 0 aliphatic rings. The number of hydrogen-bond acceptors (Lipinski definition) is 4. The summed E-state index contributed by atoms with van der Waals surface area (Å²) in [4.78, 5) is 17.0. The van der Waals surface area contributed by atoms with Gasteiger partial charge in [-0.3, -0.25) is 4.79 Å². The summed E-state index contributed by atoms with van der Waals surface area (Å²) in [5.41, 5.74) is 3.51. The number of benzene rings is 2. The van der Waals surface area contributed by atoms with Crippen molar-refractivity contribution >= 4 is 22.5 Å². The Morgan fingerprint density at radius 1 is 1.17 bits per heavy atom. The number of fused-ring (bicyclic) bond motifs is 1. The van der Waals surface area contributed by atoms with Crippen LogP contribution in [0.5, 0.6) is 11.6 Å². The fourth-order valence-electron chi connectivity index (χ4n) is 3.22. The molecule has 0 spiro atoms. The molecule has 0 fully saturated rings. The van der Waals surface area contributed by atoms with E-state index in [1.807, 2.05) is 49.0 Å². The lowest BCUT2D eigenvalue weighted by Crippen LogP contribution is -2.12. The molecule has 0 saturated carbocycles. The van der Waals surface area contributed by atoms with Crippen molar-refractivity contribution in [2.24, 2.45) is 7.05 Å². The van der Waals surface area contributed by atoms with E-state index in [2.05, 4.69) is 16.4 Å². The van der Waals surface area contributed by atoms with E-state index in [0.29, 0.717) is 22.6 Å². The van der Waals surface area contributed by atoms with Crippen molar-refractivity contribution in [1.82, 2.24) is 9.55 Å². The third kappa shape index (κ3) is 3.54. The monoisotopic (exact) mass is 382 g/mol. The van der Waals surface area contributed by atoms with Gasteiger partial charge < -0.3 is 14.6 Å². The number of ether oxygens (including phenoxy) is 1. The van der Waals surface area contributed by atoms with Gasteiger partial charge in [0.25, 0.3) is 5.91 Å². The average Bonchev–Trinajstić information content (AvgIpc) is 3.07. The molecule has 142 valence electrons. The SMILES string of the molecule is Cc1cc(Oc2ncccc2C#N)ccc1NC(=O)c1cn(C)c2ccccc12. The van der Waals surface area contributed by atoms with Crippen LogP contribution in [0.25, 0.3) is 10.9 Å². The van der Waals surface area contributed by atoms with Crippen LogP contribution >= 0.6 is 0 Å². The zero-order chi connectivity index (χ0) is 20.4. The first-order valence-corrected chi connectivity index (χ1v) is 9.06. The molecule has 1 amide bonds. The number of pyridine rings is 1.